The molecular formula is C16H31NO3. The minimum Gasteiger partial charge on any atom is -0.466 e. The molecule has 0 amide bonds. The van der Waals surface area contributed by atoms with Gasteiger partial charge in [0.1, 0.15) is 0 Å². The Hall–Kier alpha value is -0.610. The van der Waals surface area contributed by atoms with Gasteiger partial charge in [-0.25, -0.2) is 0 Å². The molecule has 1 atom stereocenters. The lowest BCUT2D eigenvalue weighted by Crippen LogP contribution is -2.33. The summed E-state index contributed by atoms with van der Waals surface area (Å²) in [5, 5.41) is 9.23. The second kappa shape index (κ2) is 8.63. The molecule has 0 unspecified atom stereocenters. The third-order valence-electron chi connectivity index (χ3n) is 3.90. The van der Waals surface area contributed by atoms with E-state index in [1.165, 1.54) is 6.42 Å². The predicted octanol–water partition coefficient (Wildman–Crippen LogP) is 2.59. The summed E-state index contributed by atoms with van der Waals surface area (Å²) in [7, 11) is 0. The number of rotatable bonds is 8. The Morgan fingerprint density at radius 3 is 2.75 bits per heavy atom. The average Bonchev–Trinajstić information content (AvgIpc) is 2.80. The Bertz CT molecular complexity index is 286. The molecule has 4 nitrogen and oxygen atoms in total. The topological polar surface area (TPSA) is 49.8 Å². The molecule has 1 aliphatic rings. The van der Waals surface area contributed by atoms with E-state index in [0.29, 0.717) is 19.1 Å². The molecule has 1 saturated heterocycles. The molecule has 0 aliphatic carbocycles. The number of aliphatic hydroxyl groups is 1. The van der Waals surface area contributed by atoms with Crippen LogP contribution in [0.3, 0.4) is 0 Å². The normalized spacial score (nSPS) is 20.3. The van der Waals surface area contributed by atoms with Crippen molar-refractivity contribution < 1.29 is 14.6 Å². The molecule has 4 heteroatoms. The Labute approximate surface area is 123 Å². The highest BCUT2D eigenvalue weighted by Gasteiger charge is 2.22. The highest BCUT2D eigenvalue weighted by atomic mass is 16.5. The fourth-order valence-electron chi connectivity index (χ4n) is 2.52. The average molecular weight is 285 g/mol. The van der Waals surface area contributed by atoms with Crippen LogP contribution < -0.4 is 0 Å². The van der Waals surface area contributed by atoms with Crippen LogP contribution in [0.15, 0.2) is 0 Å². The second-order valence-electron chi connectivity index (χ2n) is 7.00. The maximum atomic E-state index is 11.6. The van der Waals surface area contributed by atoms with Crippen LogP contribution in [0.5, 0.6) is 0 Å². The fraction of sp³-hybridized carbons (Fsp3) is 0.938. The first-order chi connectivity index (χ1) is 9.42. The van der Waals surface area contributed by atoms with Gasteiger partial charge in [0.25, 0.3) is 0 Å². The summed E-state index contributed by atoms with van der Waals surface area (Å²) >= 11 is 0. The quantitative estimate of drug-likeness (QED) is 0.550. The highest BCUT2D eigenvalue weighted by molar-refractivity contribution is 5.69. The monoisotopic (exact) mass is 285 g/mol. The summed E-state index contributed by atoms with van der Waals surface area (Å²) in [6.07, 6.45) is 5.59. The lowest BCUT2D eigenvalue weighted by atomic mass is 9.93. The van der Waals surface area contributed by atoms with E-state index < -0.39 is 0 Å². The minimum absolute atomic E-state index is 0.0746. The third kappa shape index (κ3) is 7.25. The molecule has 0 saturated carbocycles. The standard InChI is InChI=1S/C16H31NO3/c1-16(2,3)9-12-20-15(19)8-4-5-10-17-11-6-7-14(17)13-18/h14,18H,4-13H2,1-3H3/t14-/m0/s1. The van der Waals surface area contributed by atoms with E-state index in [1.54, 1.807) is 0 Å². The van der Waals surface area contributed by atoms with Crippen molar-refractivity contribution in [1.82, 2.24) is 4.90 Å². The van der Waals surface area contributed by atoms with Gasteiger partial charge in [-0.1, -0.05) is 20.8 Å². The molecule has 1 heterocycles. The number of hydrogen-bond donors (Lipinski definition) is 1. The molecule has 1 rings (SSSR count). The Morgan fingerprint density at radius 1 is 1.35 bits per heavy atom. The van der Waals surface area contributed by atoms with Gasteiger partial charge >= 0.3 is 5.97 Å². The van der Waals surface area contributed by atoms with Crippen LogP contribution in [0.4, 0.5) is 0 Å². The van der Waals surface area contributed by atoms with Crippen LogP contribution in [0, 0.1) is 5.41 Å². The van der Waals surface area contributed by atoms with Crippen molar-refractivity contribution >= 4 is 5.97 Å². The van der Waals surface area contributed by atoms with Crippen LogP contribution >= 0.6 is 0 Å². The van der Waals surface area contributed by atoms with Gasteiger partial charge in [-0.05, 0) is 50.6 Å². The van der Waals surface area contributed by atoms with E-state index in [4.69, 9.17) is 4.74 Å². The molecule has 0 spiro atoms. The number of carbonyl (C=O) groups excluding carboxylic acids is 1. The predicted molar refractivity (Wildman–Crippen MR) is 80.6 cm³/mol. The Balaban J connectivity index is 2.02. The zero-order valence-electron chi connectivity index (χ0n) is 13.4. The van der Waals surface area contributed by atoms with Crippen molar-refractivity contribution in [2.45, 2.75) is 65.3 Å². The SMILES string of the molecule is CC(C)(C)CCOC(=O)CCCCN1CCC[C@H]1CO. The Morgan fingerprint density at radius 2 is 2.10 bits per heavy atom. The van der Waals surface area contributed by atoms with Crippen LogP contribution in [0.2, 0.25) is 0 Å². The molecule has 0 radical (unpaired) electrons. The molecule has 1 aliphatic heterocycles. The largest absolute Gasteiger partial charge is 0.466 e. The molecule has 0 aromatic carbocycles. The maximum absolute atomic E-state index is 11.6. The van der Waals surface area contributed by atoms with E-state index in [-0.39, 0.29) is 18.0 Å². The minimum atomic E-state index is -0.0746. The number of hydrogen-bond acceptors (Lipinski definition) is 4. The summed E-state index contributed by atoms with van der Waals surface area (Å²) < 4.78 is 5.24. The van der Waals surface area contributed by atoms with Crippen molar-refractivity contribution in [3.8, 4) is 0 Å². The lowest BCUT2D eigenvalue weighted by molar-refractivity contribution is -0.144. The molecule has 0 aromatic rings. The van der Waals surface area contributed by atoms with Crippen LogP contribution in [0.25, 0.3) is 0 Å². The number of unbranched alkanes of at least 4 members (excludes halogenated alkanes) is 1. The van der Waals surface area contributed by atoms with E-state index in [0.717, 1.165) is 38.8 Å². The summed E-state index contributed by atoms with van der Waals surface area (Å²) in [5.41, 5.74) is 0.218. The molecule has 20 heavy (non-hydrogen) atoms. The summed E-state index contributed by atoms with van der Waals surface area (Å²) in [4.78, 5) is 13.9. The number of carbonyl (C=O) groups is 1. The maximum Gasteiger partial charge on any atom is 0.305 e. The summed E-state index contributed by atoms with van der Waals surface area (Å²) in [6.45, 7) is 9.30. The highest BCUT2D eigenvalue weighted by Crippen LogP contribution is 2.19. The van der Waals surface area contributed by atoms with Crippen LogP contribution in [0.1, 0.15) is 59.3 Å². The van der Waals surface area contributed by atoms with E-state index in [2.05, 4.69) is 25.7 Å². The van der Waals surface area contributed by atoms with Gasteiger partial charge in [-0.2, -0.15) is 0 Å². The summed E-state index contributed by atoms with van der Waals surface area (Å²) in [5.74, 6) is -0.0746. The van der Waals surface area contributed by atoms with Crippen molar-refractivity contribution in [2.24, 2.45) is 5.41 Å². The van der Waals surface area contributed by atoms with E-state index >= 15 is 0 Å². The molecule has 1 fully saturated rings. The second-order valence-corrected chi connectivity index (χ2v) is 7.00. The van der Waals surface area contributed by atoms with Gasteiger partial charge in [-0.3, -0.25) is 9.69 Å². The first-order valence-corrected chi connectivity index (χ1v) is 7.93. The van der Waals surface area contributed by atoms with Gasteiger partial charge in [0.2, 0.25) is 0 Å². The smallest absolute Gasteiger partial charge is 0.305 e. The molecule has 0 bridgehead atoms. The number of nitrogens with zero attached hydrogens (tertiary/aromatic N) is 1. The van der Waals surface area contributed by atoms with Gasteiger partial charge in [0.05, 0.1) is 13.2 Å². The number of likely N-dealkylation sites (tertiary alicyclic amines) is 1. The number of aliphatic hydroxyl groups excluding tert-OH is 1. The van der Waals surface area contributed by atoms with Crippen molar-refractivity contribution in [3.63, 3.8) is 0 Å². The van der Waals surface area contributed by atoms with Crippen molar-refractivity contribution in [3.05, 3.63) is 0 Å². The number of esters is 1. The van der Waals surface area contributed by atoms with Crippen molar-refractivity contribution in [2.75, 3.05) is 26.3 Å². The molecule has 1 N–H and O–H groups in total. The van der Waals surface area contributed by atoms with Gasteiger partial charge in [0, 0.05) is 12.5 Å². The van der Waals surface area contributed by atoms with E-state index in [1.807, 2.05) is 0 Å². The fourth-order valence-corrected chi connectivity index (χ4v) is 2.52. The lowest BCUT2D eigenvalue weighted by Gasteiger charge is -2.22. The van der Waals surface area contributed by atoms with Gasteiger partial charge < -0.3 is 9.84 Å². The molecule has 0 aromatic heterocycles. The third-order valence-corrected chi connectivity index (χ3v) is 3.90. The van der Waals surface area contributed by atoms with Gasteiger partial charge in [0.15, 0.2) is 0 Å². The zero-order chi connectivity index (χ0) is 15.0. The van der Waals surface area contributed by atoms with Crippen molar-refractivity contribution in [1.29, 1.82) is 0 Å². The van der Waals surface area contributed by atoms with Crippen LogP contribution in [-0.2, 0) is 9.53 Å². The van der Waals surface area contributed by atoms with Gasteiger partial charge in [-0.15, -0.1) is 0 Å². The number of ether oxygens (including phenoxy) is 1. The zero-order valence-corrected chi connectivity index (χ0v) is 13.4. The Kier molecular flexibility index (Phi) is 7.52. The summed E-state index contributed by atoms with van der Waals surface area (Å²) in [6, 6.07) is 0.341. The first kappa shape index (κ1) is 17.4. The first-order valence-electron chi connectivity index (χ1n) is 7.93. The molecule has 118 valence electrons. The van der Waals surface area contributed by atoms with Crippen LogP contribution in [-0.4, -0.2) is 48.3 Å². The van der Waals surface area contributed by atoms with E-state index in [9.17, 15) is 9.90 Å². The molecular weight excluding hydrogens is 254 g/mol.